The first-order valence-electron chi connectivity index (χ1n) is 6.46. The van der Waals surface area contributed by atoms with Gasteiger partial charge in [0.1, 0.15) is 0 Å². The molecule has 0 amide bonds. The smallest absolute Gasteiger partial charge is 0.213 e. The molecule has 1 N–H and O–H groups in total. The van der Waals surface area contributed by atoms with Gasteiger partial charge in [-0.2, -0.15) is 0 Å². The van der Waals surface area contributed by atoms with E-state index in [2.05, 4.69) is 5.32 Å². The minimum Gasteiger partial charge on any atom is -0.309 e. The highest BCUT2D eigenvalue weighted by Gasteiger charge is 2.26. The molecule has 1 aromatic heterocycles. The van der Waals surface area contributed by atoms with Crippen LogP contribution in [0.2, 0.25) is 4.34 Å². The van der Waals surface area contributed by atoms with E-state index in [9.17, 15) is 8.42 Å². The van der Waals surface area contributed by atoms with Crippen molar-refractivity contribution in [2.45, 2.75) is 32.4 Å². The summed E-state index contributed by atoms with van der Waals surface area (Å²) in [4.78, 5) is 1.22. The third kappa shape index (κ3) is 4.16. The van der Waals surface area contributed by atoms with Crippen LogP contribution < -0.4 is 5.32 Å². The Kier molecular flexibility index (Phi) is 5.25. The number of hydrogen-bond acceptors (Lipinski definition) is 4. The minimum atomic E-state index is -3.02. The molecule has 2 rings (SSSR count). The molecule has 1 aromatic rings. The second-order valence-corrected chi connectivity index (χ2v) is 8.72. The second-order valence-electron chi connectivity index (χ2n) is 4.66. The minimum absolute atomic E-state index is 0.193. The van der Waals surface area contributed by atoms with Crippen molar-refractivity contribution in [1.82, 2.24) is 9.62 Å². The SMILES string of the molecule is CCS(=O)(=O)N1CCC(NCc2ccc(Cl)s2)CC1. The van der Waals surface area contributed by atoms with E-state index in [0.717, 1.165) is 23.7 Å². The zero-order valence-electron chi connectivity index (χ0n) is 10.9. The number of halogens is 1. The lowest BCUT2D eigenvalue weighted by molar-refractivity contribution is 0.289. The van der Waals surface area contributed by atoms with Crippen molar-refractivity contribution in [2.75, 3.05) is 18.8 Å². The normalized spacial score (nSPS) is 18.8. The number of thiophene rings is 1. The van der Waals surface area contributed by atoms with Crippen LogP contribution in [0.1, 0.15) is 24.6 Å². The zero-order valence-corrected chi connectivity index (χ0v) is 13.3. The van der Waals surface area contributed by atoms with E-state index in [1.807, 2.05) is 12.1 Å². The summed E-state index contributed by atoms with van der Waals surface area (Å²) in [7, 11) is -3.02. The predicted octanol–water partition coefficient (Wildman–Crippen LogP) is 2.31. The molecular weight excluding hydrogens is 304 g/mol. The molecule has 0 saturated carbocycles. The number of sulfonamides is 1. The third-order valence-corrected chi connectivity index (χ3v) is 6.52. The Morgan fingerprint density at radius 1 is 1.42 bits per heavy atom. The van der Waals surface area contributed by atoms with Crippen LogP contribution in [0.25, 0.3) is 0 Å². The summed E-state index contributed by atoms with van der Waals surface area (Å²) >= 11 is 7.47. The maximum absolute atomic E-state index is 11.7. The molecule has 1 saturated heterocycles. The van der Waals surface area contributed by atoms with Gasteiger partial charge in [-0.1, -0.05) is 11.6 Å². The van der Waals surface area contributed by atoms with Crippen molar-refractivity contribution in [3.63, 3.8) is 0 Å². The van der Waals surface area contributed by atoms with Gasteiger partial charge in [-0.05, 0) is 31.9 Å². The summed E-state index contributed by atoms with van der Waals surface area (Å²) in [6.07, 6.45) is 1.75. The quantitative estimate of drug-likeness (QED) is 0.905. The van der Waals surface area contributed by atoms with E-state index in [1.165, 1.54) is 4.88 Å². The number of piperidine rings is 1. The van der Waals surface area contributed by atoms with Crippen molar-refractivity contribution in [2.24, 2.45) is 0 Å². The van der Waals surface area contributed by atoms with E-state index in [-0.39, 0.29) is 5.75 Å². The van der Waals surface area contributed by atoms with E-state index in [0.29, 0.717) is 19.1 Å². The summed E-state index contributed by atoms with van der Waals surface area (Å²) in [5, 5.41) is 3.47. The van der Waals surface area contributed by atoms with Crippen LogP contribution in [0.15, 0.2) is 12.1 Å². The Balaban J connectivity index is 1.78. The topological polar surface area (TPSA) is 49.4 Å². The molecule has 1 aliphatic heterocycles. The first-order valence-corrected chi connectivity index (χ1v) is 9.27. The van der Waals surface area contributed by atoms with Gasteiger partial charge >= 0.3 is 0 Å². The summed E-state index contributed by atoms with van der Waals surface area (Å²) < 4.78 is 25.9. The Hall–Kier alpha value is -0.140. The largest absolute Gasteiger partial charge is 0.309 e. The van der Waals surface area contributed by atoms with Crippen LogP contribution in [0.4, 0.5) is 0 Å². The Bertz CT molecular complexity index is 508. The van der Waals surface area contributed by atoms with E-state index in [1.54, 1.807) is 22.6 Å². The van der Waals surface area contributed by atoms with Gasteiger partial charge in [0.25, 0.3) is 0 Å². The van der Waals surface area contributed by atoms with Gasteiger partial charge in [0.15, 0.2) is 0 Å². The third-order valence-electron chi connectivity index (χ3n) is 3.41. The Morgan fingerprint density at radius 3 is 2.63 bits per heavy atom. The number of nitrogens with zero attached hydrogens (tertiary/aromatic N) is 1. The highest BCUT2D eigenvalue weighted by atomic mass is 35.5. The number of rotatable bonds is 5. The summed E-state index contributed by atoms with van der Waals surface area (Å²) in [5.41, 5.74) is 0. The number of nitrogens with one attached hydrogen (secondary N) is 1. The molecule has 1 aliphatic rings. The average Bonchev–Trinajstić information content (AvgIpc) is 2.83. The van der Waals surface area contributed by atoms with Crippen LogP contribution in [0.3, 0.4) is 0 Å². The van der Waals surface area contributed by atoms with Crippen LogP contribution in [0, 0.1) is 0 Å². The van der Waals surface area contributed by atoms with E-state index < -0.39 is 10.0 Å². The molecular formula is C12H19ClN2O2S2. The molecule has 19 heavy (non-hydrogen) atoms. The standard InChI is InChI=1S/C12H19ClN2O2S2/c1-2-19(16,17)15-7-5-10(6-8-15)14-9-11-3-4-12(13)18-11/h3-4,10,14H,2,5-9H2,1H3. The van der Waals surface area contributed by atoms with Gasteiger partial charge in [-0.25, -0.2) is 12.7 Å². The lowest BCUT2D eigenvalue weighted by atomic mass is 10.1. The fourth-order valence-electron chi connectivity index (χ4n) is 2.21. The van der Waals surface area contributed by atoms with E-state index >= 15 is 0 Å². The van der Waals surface area contributed by atoms with Crippen LogP contribution in [-0.4, -0.2) is 37.6 Å². The second kappa shape index (κ2) is 6.54. The molecule has 0 bridgehead atoms. The zero-order chi connectivity index (χ0) is 13.9. The van der Waals surface area contributed by atoms with Gasteiger partial charge < -0.3 is 5.32 Å². The average molecular weight is 323 g/mol. The van der Waals surface area contributed by atoms with Crippen LogP contribution in [0.5, 0.6) is 0 Å². The monoisotopic (exact) mass is 322 g/mol. The fourth-order valence-corrected chi connectivity index (χ4v) is 4.38. The molecule has 0 unspecified atom stereocenters. The first kappa shape index (κ1) is 15.3. The van der Waals surface area contributed by atoms with Crippen molar-refractivity contribution >= 4 is 33.0 Å². The lowest BCUT2D eigenvalue weighted by Gasteiger charge is -2.31. The molecule has 1 fully saturated rings. The van der Waals surface area contributed by atoms with Crippen LogP contribution >= 0.6 is 22.9 Å². The van der Waals surface area contributed by atoms with Crippen molar-refractivity contribution in [3.8, 4) is 0 Å². The molecule has 0 atom stereocenters. The highest BCUT2D eigenvalue weighted by Crippen LogP contribution is 2.22. The molecule has 2 heterocycles. The van der Waals surface area contributed by atoms with Crippen molar-refractivity contribution < 1.29 is 8.42 Å². The maximum atomic E-state index is 11.7. The highest BCUT2D eigenvalue weighted by molar-refractivity contribution is 7.89. The fraction of sp³-hybridized carbons (Fsp3) is 0.667. The Morgan fingerprint density at radius 2 is 2.11 bits per heavy atom. The molecule has 0 radical (unpaired) electrons. The molecule has 108 valence electrons. The molecule has 0 aliphatic carbocycles. The predicted molar refractivity (Wildman–Crippen MR) is 80.2 cm³/mol. The van der Waals surface area contributed by atoms with E-state index in [4.69, 9.17) is 11.6 Å². The van der Waals surface area contributed by atoms with Gasteiger partial charge in [-0.3, -0.25) is 0 Å². The van der Waals surface area contributed by atoms with Crippen molar-refractivity contribution in [3.05, 3.63) is 21.3 Å². The maximum Gasteiger partial charge on any atom is 0.213 e. The molecule has 0 aromatic carbocycles. The first-order chi connectivity index (χ1) is 9.01. The number of hydrogen-bond donors (Lipinski definition) is 1. The van der Waals surface area contributed by atoms with Gasteiger partial charge in [0.05, 0.1) is 10.1 Å². The van der Waals surface area contributed by atoms with Crippen molar-refractivity contribution in [1.29, 1.82) is 0 Å². The molecule has 0 spiro atoms. The Labute approximate surface area is 123 Å². The van der Waals surface area contributed by atoms with Gasteiger partial charge in [0, 0.05) is 30.6 Å². The summed E-state index contributed by atoms with van der Waals surface area (Å²) in [5.74, 6) is 0.193. The summed E-state index contributed by atoms with van der Waals surface area (Å²) in [6.45, 7) is 3.75. The summed E-state index contributed by atoms with van der Waals surface area (Å²) in [6, 6.07) is 4.32. The van der Waals surface area contributed by atoms with Gasteiger partial charge in [0.2, 0.25) is 10.0 Å². The molecule has 7 heteroatoms. The molecule has 4 nitrogen and oxygen atoms in total. The van der Waals surface area contributed by atoms with Crippen LogP contribution in [-0.2, 0) is 16.6 Å². The lowest BCUT2D eigenvalue weighted by Crippen LogP contribution is -2.45. The van der Waals surface area contributed by atoms with Gasteiger partial charge in [-0.15, -0.1) is 11.3 Å².